The number of rotatable bonds is 4. The van der Waals surface area contributed by atoms with Crippen molar-refractivity contribution in [3.63, 3.8) is 0 Å². The minimum atomic E-state index is -0.539. The molecule has 0 aromatic carbocycles. The first-order chi connectivity index (χ1) is 6.32. The quantitative estimate of drug-likeness (QED) is 0.611. The second-order valence-corrected chi connectivity index (χ2v) is 4.64. The van der Waals surface area contributed by atoms with Crippen LogP contribution in [-0.2, 0) is 4.79 Å². The molecule has 0 aliphatic carbocycles. The van der Waals surface area contributed by atoms with Gasteiger partial charge in [-0.2, -0.15) is 0 Å². The molecule has 4 heteroatoms. The van der Waals surface area contributed by atoms with Crippen LogP contribution < -0.4 is 11.1 Å². The molecule has 0 heterocycles. The fourth-order valence-corrected chi connectivity index (χ4v) is 0.961. The molecule has 0 fully saturated rings. The van der Waals surface area contributed by atoms with Crippen LogP contribution in [0.4, 0.5) is 0 Å². The average Bonchev–Trinajstić information content (AvgIpc) is 2.11. The summed E-state index contributed by atoms with van der Waals surface area (Å²) >= 11 is 0. The summed E-state index contributed by atoms with van der Waals surface area (Å²) in [5.74, 6) is -0.196. The van der Waals surface area contributed by atoms with Gasteiger partial charge in [0.05, 0.1) is 18.7 Å². The molecule has 0 aliphatic heterocycles. The van der Waals surface area contributed by atoms with E-state index in [1.54, 1.807) is 0 Å². The van der Waals surface area contributed by atoms with Gasteiger partial charge < -0.3 is 16.2 Å². The number of carbonyl (C=O) groups is 1. The molecular formula is C10H22N2O2. The summed E-state index contributed by atoms with van der Waals surface area (Å²) in [5, 5.41) is 11.6. The molecule has 84 valence electrons. The number of carbonyl (C=O) groups excluding carboxylic acids is 1. The highest BCUT2D eigenvalue weighted by Gasteiger charge is 2.28. The van der Waals surface area contributed by atoms with Crippen LogP contribution >= 0.6 is 0 Å². The summed E-state index contributed by atoms with van der Waals surface area (Å²) in [6, 6.07) is -0.723. The zero-order valence-corrected chi connectivity index (χ0v) is 9.50. The molecule has 14 heavy (non-hydrogen) atoms. The molecule has 4 nitrogen and oxygen atoms in total. The Hall–Kier alpha value is -0.610. The second-order valence-electron chi connectivity index (χ2n) is 4.64. The summed E-state index contributed by atoms with van der Waals surface area (Å²) < 4.78 is 0. The molecule has 0 aliphatic rings. The molecule has 1 amide bonds. The van der Waals surface area contributed by atoms with Crippen molar-refractivity contribution in [3.05, 3.63) is 0 Å². The molecule has 0 bridgehead atoms. The molecule has 4 N–H and O–H groups in total. The van der Waals surface area contributed by atoms with E-state index in [0.29, 0.717) is 6.42 Å². The van der Waals surface area contributed by atoms with Gasteiger partial charge in [0.25, 0.3) is 0 Å². The van der Waals surface area contributed by atoms with Crippen LogP contribution in [0.15, 0.2) is 0 Å². The van der Waals surface area contributed by atoms with Crippen LogP contribution in [0.2, 0.25) is 0 Å². The third-order valence-electron chi connectivity index (χ3n) is 2.28. The Labute approximate surface area is 85.9 Å². The molecule has 2 atom stereocenters. The topological polar surface area (TPSA) is 75.3 Å². The fourth-order valence-electron chi connectivity index (χ4n) is 0.961. The molecule has 0 radical (unpaired) electrons. The van der Waals surface area contributed by atoms with Gasteiger partial charge in [-0.3, -0.25) is 4.79 Å². The first-order valence-electron chi connectivity index (χ1n) is 4.99. The molecule has 0 unspecified atom stereocenters. The van der Waals surface area contributed by atoms with Gasteiger partial charge >= 0.3 is 0 Å². The number of hydrogen-bond acceptors (Lipinski definition) is 3. The molecule has 0 saturated carbocycles. The number of nitrogens with one attached hydrogen (secondary N) is 1. The predicted octanol–water partition coefficient (Wildman–Crippen LogP) is 0.247. The average molecular weight is 202 g/mol. The van der Waals surface area contributed by atoms with Crippen molar-refractivity contribution in [2.45, 2.75) is 46.2 Å². The highest BCUT2D eigenvalue weighted by molar-refractivity contribution is 5.82. The SMILES string of the molecule is CC[C@H](CO)NC(=O)[C@@H](N)C(C)(C)C. The number of hydrogen-bond donors (Lipinski definition) is 3. The van der Waals surface area contributed by atoms with E-state index in [1.165, 1.54) is 0 Å². The number of aliphatic hydroxyl groups excluding tert-OH is 1. The molecule has 0 aromatic heterocycles. The van der Waals surface area contributed by atoms with Crippen LogP contribution in [0.5, 0.6) is 0 Å². The van der Waals surface area contributed by atoms with E-state index in [1.807, 2.05) is 27.7 Å². The minimum absolute atomic E-state index is 0.0426. The molecular weight excluding hydrogens is 180 g/mol. The third kappa shape index (κ3) is 4.07. The summed E-state index contributed by atoms with van der Waals surface area (Å²) in [5.41, 5.74) is 5.51. The maximum Gasteiger partial charge on any atom is 0.237 e. The lowest BCUT2D eigenvalue weighted by atomic mass is 9.87. The smallest absolute Gasteiger partial charge is 0.237 e. The van der Waals surface area contributed by atoms with Gasteiger partial charge in [-0.05, 0) is 11.8 Å². The lowest BCUT2D eigenvalue weighted by Crippen LogP contribution is -2.52. The van der Waals surface area contributed by atoms with Crippen molar-refractivity contribution >= 4 is 5.91 Å². The summed E-state index contributed by atoms with van der Waals surface area (Å²) in [6.45, 7) is 7.61. The summed E-state index contributed by atoms with van der Waals surface area (Å²) in [6.07, 6.45) is 0.707. The van der Waals surface area contributed by atoms with Gasteiger partial charge in [-0.1, -0.05) is 27.7 Å². The molecule has 0 spiro atoms. The lowest BCUT2D eigenvalue weighted by Gasteiger charge is -2.27. The Morgan fingerprint density at radius 1 is 1.50 bits per heavy atom. The van der Waals surface area contributed by atoms with Gasteiger partial charge in [0.2, 0.25) is 5.91 Å². The Morgan fingerprint density at radius 3 is 2.29 bits per heavy atom. The number of nitrogens with two attached hydrogens (primary N) is 1. The Bertz CT molecular complexity index is 183. The number of amides is 1. The van der Waals surface area contributed by atoms with Crippen molar-refractivity contribution in [1.82, 2.24) is 5.32 Å². The van der Waals surface area contributed by atoms with Gasteiger partial charge in [0.1, 0.15) is 0 Å². The van der Waals surface area contributed by atoms with E-state index in [-0.39, 0.29) is 24.0 Å². The van der Waals surface area contributed by atoms with Crippen LogP contribution in [0, 0.1) is 5.41 Å². The van der Waals surface area contributed by atoms with Crippen LogP contribution in [0.25, 0.3) is 0 Å². The molecule has 0 rings (SSSR count). The zero-order chi connectivity index (χ0) is 11.4. The minimum Gasteiger partial charge on any atom is -0.394 e. The lowest BCUT2D eigenvalue weighted by molar-refractivity contribution is -0.125. The maximum atomic E-state index is 11.6. The van der Waals surface area contributed by atoms with E-state index < -0.39 is 6.04 Å². The molecule has 0 saturated heterocycles. The van der Waals surface area contributed by atoms with Crippen molar-refractivity contribution < 1.29 is 9.90 Å². The largest absolute Gasteiger partial charge is 0.394 e. The van der Waals surface area contributed by atoms with E-state index in [2.05, 4.69) is 5.32 Å². The normalized spacial score (nSPS) is 16.1. The highest BCUT2D eigenvalue weighted by Crippen LogP contribution is 2.17. The standard InChI is InChI=1S/C10H22N2O2/c1-5-7(6-13)12-9(14)8(11)10(2,3)4/h7-8,13H,5-6,11H2,1-4H3,(H,12,14)/t7-,8-/m1/s1. The first kappa shape index (κ1) is 13.4. The van der Waals surface area contributed by atoms with Crippen LogP contribution in [0.3, 0.4) is 0 Å². The van der Waals surface area contributed by atoms with E-state index >= 15 is 0 Å². The maximum absolute atomic E-state index is 11.6. The summed E-state index contributed by atoms with van der Waals surface area (Å²) in [7, 11) is 0. The third-order valence-corrected chi connectivity index (χ3v) is 2.28. The van der Waals surface area contributed by atoms with Crippen LogP contribution in [-0.4, -0.2) is 29.7 Å². The fraction of sp³-hybridized carbons (Fsp3) is 0.900. The van der Waals surface area contributed by atoms with E-state index in [0.717, 1.165) is 0 Å². The van der Waals surface area contributed by atoms with E-state index in [9.17, 15) is 4.79 Å². The van der Waals surface area contributed by atoms with Crippen molar-refractivity contribution in [2.75, 3.05) is 6.61 Å². The van der Waals surface area contributed by atoms with Gasteiger partial charge in [-0.25, -0.2) is 0 Å². The van der Waals surface area contributed by atoms with Gasteiger partial charge in [0, 0.05) is 0 Å². The Morgan fingerprint density at radius 2 is 2.00 bits per heavy atom. The summed E-state index contributed by atoms with van der Waals surface area (Å²) in [4.78, 5) is 11.6. The van der Waals surface area contributed by atoms with Crippen molar-refractivity contribution in [2.24, 2.45) is 11.1 Å². The highest BCUT2D eigenvalue weighted by atomic mass is 16.3. The van der Waals surface area contributed by atoms with Crippen LogP contribution in [0.1, 0.15) is 34.1 Å². The van der Waals surface area contributed by atoms with Gasteiger partial charge in [0.15, 0.2) is 0 Å². The zero-order valence-electron chi connectivity index (χ0n) is 9.50. The van der Waals surface area contributed by atoms with Crippen molar-refractivity contribution in [3.8, 4) is 0 Å². The predicted molar refractivity (Wildman–Crippen MR) is 56.7 cm³/mol. The first-order valence-corrected chi connectivity index (χ1v) is 4.99. The van der Waals surface area contributed by atoms with E-state index in [4.69, 9.17) is 10.8 Å². The Balaban J connectivity index is 4.21. The number of aliphatic hydroxyl groups is 1. The second kappa shape index (κ2) is 5.32. The van der Waals surface area contributed by atoms with Gasteiger partial charge in [-0.15, -0.1) is 0 Å². The Kier molecular flexibility index (Phi) is 5.08. The van der Waals surface area contributed by atoms with Crippen molar-refractivity contribution in [1.29, 1.82) is 0 Å². The molecule has 0 aromatic rings. The monoisotopic (exact) mass is 202 g/mol.